The van der Waals surface area contributed by atoms with E-state index in [0.717, 1.165) is 11.2 Å². The van der Waals surface area contributed by atoms with E-state index >= 15 is 0 Å². The van der Waals surface area contributed by atoms with Crippen LogP contribution in [0.2, 0.25) is 0 Å². The van der Waals surface area contributed by atoms with Gasteiger partial charge in [-0.3, -0.25) is 0 Å². The first kappa shape index (κ1) is 14.4. The summed E-state index contributed by atoms with van der Waals surface area (Å²) in [6.45, 7) is 2.44. The molecular formula is C14H20N4O2S. The van der Waals surface area contributed by atoms with E-state index in [2.05, 4.69) is 22.0 Å². The summed E-state index contributed by atoms with van der Waals surface area (Å²) in [5.74, 6) is 0. The minimum atomic E-state index is -3.30. The zero-order valence-corrected chi connectivity index (χ0v) is 13.1. The Bertz CT molecular complexity index is 730. The van der Waals surface area contributed by atoms with E-state index in [1.165, 1.54) is 9.69 Å². The molecule has 1 aromatic carbocycles. The molecule has 21 heavy (non-hydrogen) atoms. The second kappa shape index (κ2) is 5.32. The lowest BCUT2D eigenvalue weighted by molar-refractivity contribution is 0.356. The Morgan fingerprint density at radius 3 is 2.48 bits per heavy atom. The first-order valence-electron chi connectivity index (χ1n) is 6.99. The van der Waals surface area contributed by atoms with Crippen molar-refractivity contribution in [1.29, 1.82) is 0 Å². The number of H-pyrrole nitrogens is 1. The Labute approximate surface area is 125 Å². The third-order valence-corrected chi connectivity index (χ3v) is 5.88. The number of aromatic nitrogens is 1. The van der Waals surface area contributed by atoms with Crippen LogP contribution < -0.4 is 4.90 Å². The molecule has 0 bridgehead atoms. The van der Waals surface area contributed by atoms with E-state index in [0.29, 0.717) is 26.2 Å². The van der Waals surface area contributed by atoms with Gasteiger partial charge in [-0.2, -0.15) is 17.0 Å². The van der Waals surface area contributed by atoms with Crippen LogP contribution in [-0.2, 0) is 10.2 Å². The Balaban J connectivity index is 1.79. The van der Waals surface area contributed by atoms with Gasteiger partial charge in [-0.15, -0.1) is 0 Å². The molecule has 1 aromatic heterocycles. The molecule has 7 heteroatoms. The molecule has 2 aromatic rings. The van der Waals surface area contributed by atoms with Crippen molar-refractivity contribution in [1.82, 2.24) is 13.6 Å². The van der Waals surface area contributed by atoms with Crippen LogP contribution >= 0.6 is 0 Å². The van der Waals surface area contributed by atoms with Gasteiger partial charge in [0.2, 0.25) is 0 Å². The van der Waals surface area contributed by atoms with Gasteiger partial charge in [0, 0.05) is 63.1 Å². The number of anilines is 1. The summed E-state index contributed by atoms with van der Waals surface area (Å²) in [5, 5.41) is 1.18. The molecule has 0 spiro atoms. The van der Waals surface area contributed by atoms with Gasteiger partial charge in [-0.1, -0.05) is 6.07 Å². The molecule has 2 heterocycles. The fourth-order valence-corrected chi connectivity index (χ4v) is 3.82. The second-order valence-corrected chi connectivity index (χ2v) is 7.53. The molecule has 0 radical (unpaired) electrons. The standard InChI is InChI=1S/C14H20N4O2S/c1-16(2)21(19,20)18-10-8-17(9-11-18)14-5-3-4-13-12(14)6-7-15-13/h3-7,15H,8-11H2,1-2H3. The highest BCUT2D eigenvalue weighted by Crippen LogP contribution is 2.27. The van der Waals surface area contributed by atoms with Crippen LogP contribution in [0.4, 0.5) is 5.69 Å². The normalized spacial score (nSPS) is 17.8. The van der Waals surface area contributed by atoms with Gasteiger partial charge in [0.05, 0.1) is 0 Å². The molecule has 114 valence electrons. The lowest BCUT2D eigenvalue weighted by Crippen LogP contribution is -2.51. The lowest BCUT2D eigenvalue weighted by atomic mass is 10.2. The lowest BCUT2D eigenvalue weighted by Gasteiger charge is -2.36. The Morgan fingerprint density at radius 2 is 1.81 bits per heavy atom. The molecule has 1 aliphatic heterocycles. The summed E-state index contributed by atoms with van der Waals surface area (Å²) in [4.78, 5) is 5.46. The van der Waals surface area contributed by atoms with Gasteiger partial charge in [0.1, 0.15) is 0 Å². The Hall–Kier alpha value is -1.57. The molecule has 0 atom stereocenters. The maximum atomic E-state index is 12.1. The summed E-state index contributed by atoms with van der Waals surface area (Å²) in [6, 6.07) is 8.22. The summed E-state index contributed by atoms with van der Waals surface area (Å²) in [6.07, 6.45) is 1.93. The predicted molar refractivity (Wildman–Crippen MR) is 84.7 cm³/mol. The number of nitrogens with zero attached hydrogens (tertiary/aromatic N) is 3. The van der Waals surface area contributed by atoms with E-state index in [9.17, 15) is 8.42 Å². The molecule has 1 N–H and O–H groups in total. The van der Waals surface area contributed by atoms with E-state index in [1.807, 2.05) is 18.3 Å². The van der Waals surface area contributed by atoms with Crippen molar-refractivity contribution < 1.29 is 8.42 Å². The SMILES string of the molecule is CN(C)S(=O)(=O)N1CCN(c2cccc3[nH]ccc23)CC1. The zero-order valence-electron chi connectivity index (χ0n) is 12.3. The van der Waals surface area contributed by atoms with Crippen LogP contribution in [0.5, 0.6) is 0 Å². The number of piperazine rings is 1. The van der Waals surface area contributed by atoms with Gasteiger partial charge in [-0.05, 0) is 18.2 Å². The van der Waals surface area contributed by atoms with Crippen LogP contribution in [0.25, 0.3) is 10.9 Å². The summed E-state index contributed by atoms with van der Waals surface area (Å²) in [7, 11) is -0.160. The van der Waals surface area contributed by atoms with Gasteiger partial charge in [-0.25, -0.2) is 0 Å². The van der Waals surface area contributed by atoms with Gasteiger partial charge in [0.25, 0.3) is 10.2 Å². The summed E-state index contributed by atoms with van der Waals surface area (Å²) >= 11 is 0. The summed E-state index contributed by atoms with van der Waals surface area (Å²) in [5.41, 5.74) is 2.27. The average molecular weight is 308 g/mol. The van der Waals surface area contributed by atoms with Crippen molar-refractivity contribution in [2.75, 3.05) is 45.2 Å². The third kappa shape index (κ3) is 2.52. The molecule has 6 nitrogen and oxygen atoms in total. The fraction of sp³-hybridized carbons (Fsp3) is 0.429. The molecular weight excluding hydrogens is 288 g/mol. The molecule has 1 aliphatic rings. The molecule has 0 amide bonds. The second-order valence-electron chi connectivity index (χ2n) is 5.39. The quantitative estimate of drug-likeness (QED) is 0.923. The Kier molecular flexibility index (Phi) is 3.64. The number of hydrogen-bond donors (Lipinski definition) is 1. The minimum absolute atomic E-state index is 0.515. The largest absolute Gasteiger partial charge is 0.368 e. The van der Waals surface area contributed by atoms with E-state index < -0.39 is 10.2 Å². The van der Waals surface area contributed by atoms with E-state index in [-0.39, 0.29) is 0 Å². The molecule has 0 aliphatic carbocycles. The minimum Gasteiger partial charge on any atom is -0.368 e. The van der Waals surface area contributed by atoms with Gasteiger partial charge >= 0.3 is 0 Å². The van der Waals surface area contributed by atoms with Crippen molar-refractivity contribution in [3.05, 3.63) is 30.5 Å². The first-order valence-corrected chi connectivity index (χ1v) is 8.38. The maximum Gasteiger partial charge on any atom is 0.281 e. The van der Waals surface area contributed by atoms with Crippen LogP contribution in [0.15, 0.2) is 30.5 Å². The molecule has 0 saturated carbocycles. The first-order chi connectivity index (χ1) is 10.00. The van der Waals surface area contributed by atoms with Crippen LogP contribution in [0.3, 0.4) is 0 Å². The number of aromatic amines is 1. The molecule has 3 rings (SSSR count). The van der Waals surface area contributed by atoms with Crippen molar-refractivity contribution in [2.24, 2.45) is 0 Å². The van der Waals surface area contributed by atoms with E-state index in [1.54, 1.807) is 18.4 Å². The smallest absolute Gasteiger partial charge is 0.281 e. The fourth-order valence-electron chi connectivity index (χ4n) is 2.74. The van der Waals surface area contributed by atoms with Crippen molar-refractivity contribution in [2.45, 2.75) is 0 Å². The van der Waals surface area contributed by atoms with Crippen LogP contribution in [0, 0.1) is 0 Å². The number of fused-ring (bicyclic) bond motifs is 1. The Morgan fingerprint density at radius 1 is 1.10 bits per heavy atom. The number of nitrogens with one attached hydrogen (secondary N) is 1. The van der Waals surface area contributed by atoms with Crippen molar-refractivity contribution >= 4 is 26.8 Å². The van der Waals surface area contributed by atoms with Crippen molar-refractivity contribution in [3.63, 3.8) is 0 Å². The van der Waals surface area contributed by atoms with E-state index in [4.69, 9.17) is 0 Å². The topological polar surface area (TPSA) is 59.7 Å². The zero-order chi connectivity index (χ0) is 15.0. The highest BCUT2D eigenvalue weighted by Gasteiger charge is 2.28. The van der Waals surface area contributed by atoms with Gasteiger partial charge in [0.15, 0.2) is 0 Å². The molecule has 0 unspecified atom stereocenters. The highest BCUT2D eigenvalue weighted by molar-refractivity contribution is 7.86. The van der Waals surface area contributed by atoms with Crippen LogP contribution in [-0.4, -0.2) is 62.3 Å². The van der Waals surface area contributed by atoms with Crippen molar-refractivity contribution in [3.8, 4) is 0 Å². The predicted octanol–water partition coefficient (Wildman–Crippen LogP) is 1.10. The molecule has 1 fully saturated rings. The number of rotatable bonds is 3. The maximum absolute atomic E-state index is 12.1. The monoisotopic (exact) mass is 308 g/mol. The third-order valence-electron chi connectivity index (χ3n) is 3.94. The number of benzene rings is 1. The highest BCUT2D eigenvalue weighted by atomic mass is 32.2. The average Bonchev–Trinajstić information content (AvgIpc) is 2.95. The summed E-state index contributed by atoms with van der Waals surface area (Å²) < 4.78 is 27.1. The van der Waals surface area contributed by atoms with Crippen LogP contribution in [0.1, 0.15) is 0 Å². The molecule has 1 saturated heterocycles. The number of hydrogen-bond acceptors (Lipinski definition) is 3. The van der Waals surface area contributed by atoms with Gasteiger partial charge < -0.3 is 9.88 Å².